The highest BCUT2D eigenvalue weighted by atomic mass is 15.1. The third kappa shape index (κ3) is 4.58. The van der Waals surface area contributed by atoms with E-state index in [2.05, 4.69) is 164 Å². The summed E-state index contributed by atoms with van der Waals surface area (Å²) in [5.74, 6) is 0.642. The Morgan fingerprint density at radius 1 is 0.419 bits per heavy atom. The zero-order chi connectivity index (χ0) is 28.9. The van der Waals surface area contributed by atoms with E-state index in [1.54, 1.807) is 0 Å². The Hall–Kier alpha value is -5.14. The second-order valence-electron chi connectivity index (χ2n) is 12.2. The molecular formula is C42H33N. The van der Waals surface area contributed by atoms with Crippen molar-refractivity contribution in [3.63, 3.8) is 0 Å². The van der Waals surface area contributed by atoms with Gasteiger partial charge in [-0.3, -0.25) is 0 Å². The van der Waals surface area contributed by atoms with Crippen LogP contribution in [-0.2, 0) is 6.42 Å². The Morgan fingerprint density at radius 2 is 0.930 bits per heavy atom. The van der Waals surface area contributed by atoms with Gasteiger partial charge in [0, 0.05) is 17.1 Å². The van der Waals surface area contributed by atoms with Crippen molar-refractivity contribution in [3.05, 3.63) is 151 Å². The van der Waals surface area contributed by atoms with Gasteiger partial charge in [0.25, 0.3) is 0 Å². The molecule has 0 heterocycles. The molecule has 0 aromatic heterocycles. The molecule has 1 heteroatoms. The minimum absolute atomic E-state index is 0.642. The standard InChI is InChI=1S/C42H33N/c1-28(2)21-29-13-18-37(19-14-29)43(36-11-7-4-8-12-36)38-20-17-33-25-40-39-24-32-16-15-31(30-9-5-3-6-10-30)22-34(32)26-41(39)42(40)27-35(33)23-38/h3-20,22-28H,21H2,1-2H3. The summed E-state index contributed by atoms with van der Waals surface area (Å²) in [4.78, 5) is 2.37. The minimum atomic E-state index is 0.642. The average molecular weight is 552 g/mol. The number of hydrogen-bond acceptors (Lipinski definition) is 1. The van der Waals surface area contributed by atoms with Gasteiger partial charge in [0.05, 0.1) is 0 Å². The molecule has 8 rings (SSSR count). The van der Waals surface area contributed by atoms with Crippen LogP contribution in [0.15, 0.2) is 146 Å². The molecule has 43 heavy (non-hydrogen) atoms. The minimum Gasteiger partial charge on any atom is -0.310 e. The van der Waals surface area contributed by atoms with Crippen LogP contribution in [0.25, 0.3) is 54.9 Å². The van der Waals surface area contributed by atoms with E-state index in [-0.39, 0.29) is 0 Å². The van der Waals surface area contributed by atoms with Crippen molar-refractivity contribution in [3.8, 4) is 33.4 Å². The van der Waals surface area contributed by atoms with E-state index in [1.807, 2.05) is 0 Å². The highest BCUT2D eigenvalue weighted by molar-refractivity contribution is 6.12. The van der Waals surface area contributed by atoms with E-state index in [0.717, 1.165) is 12.1 Å². The normalized spacial score (nSPS) is 11.8. The summed E-state index contributed by atoms with van der Waals surface area (Å²) in [7, 11) is 0. The fourth-order valence-electron chi connectivity index (χ4n) is 6.64. The molecule has 0 unspecified atom stereocenters. The number of hydrogen-bond donors (Lipinski definition) is 0. The third-order valence-electron chi connectivity index (χ3n) is 8.74. The largest absolute Gasteiger partial charge is 0.310 e. The van der Waals surface area contributed by atoms with Crippen molar-refractivity contribution in [1.29, 1.82) is 0 Å². The van der Waals surface area contributed by atoms with Crippen molar-refractivity contribution in [2.75, 3.05) is 4.90 Å². The molecule has 1 aliphatic carbocycles. The Morgan fingerprint density at radius 3 is 1.56 bits per heavy atom. The molecule has 0 radical (unpaired) electrons. The van der Waals surface area contributed by atoms with Crippen LogP contribution in [0, 0.1) is 5.92 Å². The van der Waals surface area contributed by atoms with Gasteiger partial charge < -0.3 is 4.90 Å². The zero-order valence-electron chi connectivity index (χ0n) is 24.6. The average Bonchev–Trinajstić information content (AvgIpc) is 3.04. The van der Waals surface area contributed by atoms with Gasteiger partial charge in [-0.25, -0.2) is 0 Å². The van der Waals surface area contributed by atoms with Crippen molar-refractivity contribution in [2.24, 2.45) is 5.92 Å². The SMILES string of the molecule is CC(C)Cc1ccc(N(c2ccccc2)c2ccc3cc4c(cc3c2)-c2cc3cc(-c5ccccc5)ccc3cc2-4)cc1. The Kier molecular flexibility index (Phi) is 6.12. The molecule has 0 saturated carbocycles. The molecule has 1 nitrogen and oxygen atoms in total. The molecule has 0 bridgehead atoms. The van der Waals surface area contributed by atoms with Crippen LogP contribution in [-0.4, -0.2) is 0 Å². The molecule has 0 spiro atoms. The molecule has 0 N–H and O–H groups in total. The lowest BCUT2D eigenvalue weighted by Gasteiger charge is -2.28. The molecule has 0 atom stereocenters. The van der Waals surface area contributed by atoms with Crippen molar-refractivity contribution in [1.82, 2.24) is 0 Å². The number of rotatable bonds is 6. The summed E-state index contributed by atoms with van der Waals surface area (Å²) in [5.41, 5.74) is 12.8. The van der Waals surface area contributed by atoms with Gasteiger partial charge in [-0.05, 0) is 140 Å². The van der Waals surface area contributed by atoms with Gasteiger partial charge in [-0.1, -0.05) is 92.7 Å². The maximum Gasteiger partial charge on any atom is 0.0468 e. The van der Waals surface area contributed by atoms with Gasteiger partial charge in [0.2, 0.25) is 0 Å². The first-order valence-electron chi connectivity index (χ1n) is 15.3. The topological polar surface area (TPSA) is 3.24 Å². The quantitative estimate of drug-likeness (QED) is 0.199. The molecule has 7 aromatic rings. The maximum atomic E-state index is 2.39. The molecule has 0 saturated heterocycles. The number of para-hydroxylation sites is 1. The smallest absolute Gasteiger partial charge is 0.0468 e. The first-order chi connectivity index (χ1) is 21.1. The first kappa shape index (κ1) is 25.6. The zero-order valence-corrected chi connectivity index (χ0v) is 24.6. The molecule has 1 aliphatic rings. The first-order valence-corrected chi connectivity index (χ1v) is 15.3. The van der Waals surface area contributed by atoms with Gasteiger partial charge in [0.15, 0.2) is 0 Å². The van der Waals surface area contributed by atoms with Crippen LogP contribution >= 0.6 is 0 Å². The van der Waals surface area contributed by atoms with E-state index in [4.69, 9.17) is 0 Å². The summed E-state index contributed by atoms with van der Waals surface area (Å²) < 4.78 is 0. The number of fused-ring (bicyclic) bond motifs is 6. The van der Waals surface area contributed by atoms with Crippen LogP contribution < -0.4 is 4.90 Å². The number of nitrogens with zero attached hydrogens (tertiary/aromatic N) is 1. The van der Waals surface area contributed by atoms with Crippen molar-refractivity contribution >= 4 is 38.6 Å². The van der Waals surface area contributed by atoms with Crippen molar-refractivity contribution in [2.45, 2.75) is 20.3 Å². The lowest BCUT2D eigenvalue weighted by molar-refractivity contribution is 0.647. The van der Waals surface area contributed by atoms with E-state index in [1.165, 1.54) is 71.9 Å². The summed E-state index contributed by atoms with van der Waals surface area (Å²) in [6.07, 6.45) is 1.09. The summed E-state index contributed by atoms with van der Waals surface area (Å²) in [6, 6.07) is 53.6. The predicted octanol–water partition coefficient (Wildman–Crippen LogP) is 12.0. The highest BCUT2D eigenvalue weighted by Crippen LogP contribution is 2.51. The lowest BCUT2D eigenvalue weighted by atomic mass is 9.77. The van der Waals surface area contributed by atoms with E-state index < -0.39 is 0 Å². The van der Waals surface area contributed by atoms with Gasteiger partial charge in [-0.2, -0.15) is 0 Å². The second-order valence-corrected chi connectivity index (χ2v) is 12.2. The van der Waals surface area contributed by atoms with Crippen LogP contribution in [0.2, 0.25) is 0 Å². The Labute approximate surface area is 253 Å². The third-order valence-corrected chi connectivity index (χ3v) is 8.74. The fourth-order valence-corrected chi connectivity index (χ4v) is 6.64. The maximum absolute atomic E-state index is 2.39. The van der Waals surface area contributed by atoms with Crippen LogP contribution in [0.5, 0.6) is 0 Å². The van der Waals surface area contributed by atoms with E-state index in [9.17, 15) is 0 Å². The molecular weight excluding hydrogens is 518 g/mol. The lowest BCUT2D eigenvalue weighted by Crippen LogP contribution is -2.10. The molecule has 206 valence electrons. The molecule has 0 amide bonds. The summed E-state index contributed by atoms with van der Waals surface area (Å²) >= 11 is 0. The highest BCUT2D eigenvalue weighted by Gasteiger charge is 2.24. The summed E-state index contributed by atoms with van der Waals surface area (Å²) in [5, 5.41) is 5.11. The summed E-state index contributed by atoms with van der Waals surface area (Å²) in [6.45, 7) is 4.55. The van der Waals surface area contributed by atoms with E-state index in [0.29, 0.717) is 5.92 Å². The molecule has 0 aliphatic heterocycles. The van der Waals surface area contributed by atoms with Gasteiger partial charge in [-0.15, -0.1) is 0 Å². The monoisotopic (exact) mass is 551 g/mol. The Balaban J connectivity index is 1.19. The van der Waals surface area contributed by atoms with Crippen LogP contribution in [0.1, 0.15) is 19.4 Å². The van der Waals surface area contributed by atoms with Crippen molar-refractivity contribution < 1.29 is 0 Å². The number of anilines is 3. The number of benzene rings is 7. The van der Waals surface area contributed by atoms with E-state index >= 15 is 0 Å². The van der Waals surface area contributed by atoms with Gasteiger partial charge >= 0.3 is 0 Å². The molecule has 0 fully saturated rings. The second kappa shape index (κ2) is 10.3. The Bertz CT molecular complexity index is 2110. The predicted molar refractivity (Wildman–Crippen MR) is 185 cm³/mol. The fraction of sp³-hybridized carbons (Fsp3) is 0.0952. The molecule has 7 aromatic carbocycles. The van der Waals surface area contributed by atoms with Gasteiger partial charge in [0.1, 0.15) is 0 Å². The van der Waals surface area contributed by atoms with Crippen LogP contribution in [0.3, 0.4) is 0 Å². The van der Waals surface area contributed by atoms with Crippen LogP contribution in [0.4, 0.5) is 17.1 Å².